The normalized spacial score (nSPS) is 10.1. The van der Waals surface area contributed by atoms with E-state index in [0.717, 1.165) is 16.7 Å². The van der Waals surface area contributed by atoms with Crippen LogP contribution in [0.25, 0.3) is 22.5 Å². The molecule has 0 atom stereocenters. The molecule has 0 spiro atoms. The molecule has 1 amide bonds. The number of benzene rings is 2. The first-order chi connectivity index (χ1) is 16.2. The van der Waals surface area contributed by atoms with E-state index in [-0.39, 0.29) is 29.7 Å². The number of carbonyl (C=O) groups excluding carboxylic acids is 1. The number of hydrogen-bond donors (Lipinski definition) is 6. The molecule has 0 bridgehead atoms. The lowest BCUT2D eigenvalue weighted by atomic mass is 9.99. The Balaban J connectivity index is 0.000000945. The van der Waals surface area contributed by atoms with Crippen LogP contribution < -0.4 is 33.0 Å². The molecule has 1 heterocycles. The maximum absolute atomic E-state index is 12.1. The minimum absolute atomic E-state index is 0.0697. The molecule has 3 rings (SSSR count). The Hall–Kier alpha value is -4.38. The number of amides is 1. The quantitative estimate of drug-likeness (QED) is 0.211. The van der Waals surface area contributed by atoms with Gasteiger partial charge in [0.25, 0.3) is 5.56 Å². The number of anilines is 2. The zero-order chi connectivity index (χ0) is 25.3. The monoisotopic (exact) mass is 468 g/mol. The number of aromatic nitrogens is 2. The Morgan fingerprint density at radius 1 is 1.18 bits per heavy atom. The molecule has 34 heavy (non-hydrogen) atoms. The highest BCUT2D eigenvalue weighted by Crippen LogP contribution is 2.33. The molecule has 0 unspecified atom stereocenters. The molecule has 11 heteroatoms. The van der Waals surface area contributed by atoms with Gasteiger partial charge in [0, 0.05) is 13.3 Å². The molecule has 0 radical (unpaired) electrons. The van der Waals surface area contributed by atoms with E-state index in [4.69, 9.17) is 21.4 Å². The number of nitrogens with zero attached hydrogens (tertiary/aromatic N) is 1. The Kier molecular flexibility index (Phi) is 9.15. The first-order valence-electron chi connectivity index (χ1n) is 10.4. The summed E-state index contributed by atoms with van der Waals surface area (Å²) in [6.07, 6.45) is 0.519. The Morgan fingerprint density at radius 2 is 1.85 bits per heavy atom. The molecule has 0 fully saturated rings. The molecule has 9 N–H and O–H groups in total. The number of rotatable bonds is 8. The summed E-state index contributed by atoms with van der Waals surface area (Å²) in [5, 5.41) is 8.90. The second-order valence-electron chi connectivity index (χ2n) is 7.17. The van der Waals surface area contributed by atoms with Crippen LogP contribution in [0.5, 0.6) is 5.75 Å². The first-order valence-corrected chi connectivity index (χ1v) is 10.4. The summed E-state index contributed by atoms with van der Waals surface area (Å²) in [7, 11) is 0. The van der Waals surface area contributed by atoms with Crippen molar-refractivity contribution < 1.29 is 19.4 Å². The second kappa shape index (κ2) is 12.0. The van der Waals surface area contributed by atoms with Crippen LogP contribution in [0, 0.1) is 0 Å². The van der Waals surface area contributed by atoms with E-state index in [9.17, 15) is 14.4 Å². The molecule has 2 aromatic carbocycles. The lowest BCUT2D eigenvalue weighted by Crippen LogP contribution is -2.20. The van der Waals surface area contributed by atoms with Crippen LogP contribution in [0.4, 0.5) is 11.5 Å². The number of aryl methyl sites for hydroxylation is 1. The van der Waals surface area contributed by atoms with Gasteiger partial charge in [0.15, 0.2) is 5.82 Å². The van der Waals surface area contributed by atoms with E-state index in [1.54, 1.807) is 6.07 Å². The second-order valence-corrected chi connectivity index (χ2v) is 7.17. The number of primary amides is 1. The van der Waals surface area contributed by atoms with Gasteiger partial charge in [0.2, 0.25) is 5.91 Å². The lowest BCUT2D eigenvalue weighted by Gasteiger charge is -2.14. The number of carboxylic acid groups (broad SMARTS) is 1. The number of aromatic amines is 1. The van der Waals surface area contributed by atoms with Crippen molar-refractivity contribution in [3.63, 3.8) is 0 Å². The molecule has 3 aromatic rings. The van der Waals surface area contributed by atoms with Gasteiger partial charge < -0.3 is 31.7 Å². The summed E-state index contributed by atoms with van der Waals surface area (Å²) in [5.74, 6) is 5.12. The number of nitrogens with two attached hydrogens (primary N) is 3. The highest BCUT2D eigenvalue weighted by molar-refractivity contribution is 5.75. The third-order valence-electron chi connectivity index (χ3n) is 4.52. The van der Waals surface area contributed by atoms with Gasteiger partial charge >= 0.3 is 5.97 Å². The fraction of sp³-hybridized carbons (Fsp3) is 0.217. The zero-order valence-corrected chi connectivity index (χ0v) is 18.9. The molecule has 0 aliphatic carbocycles. The summed E-state index contributed by atoms with van der Waals surface area (Å²) in [6, 6.07) is 13.2. The molecule has 1 aromatic heterocycles. The summed E-state index contributed by atoms with van der Waals surface area (Å²) in [6.45, 7) is 3.57. The van der Waals surface area contributed by atoms with Crippen molar-refractivity contribution in [2.45, 2.75) is 26.7 Å². The minimum atomic E-state index is -0.834. The van der Waals surface area contributed by atoms with E-state index >= 15 is 0 Å². The number of H-pyrrole nitrogens is 1. The van der Waals surface area contributed by atoms with Gasteiger partial charge in [-0.05, 0) is 42.2 Å². The number of carboxylic acids is 1. The number of carbonyl (C=O) groups is 2. The van der Waals surface area contributed by atoms with E-state index in [1.165, 1.54) is 6.92 Å². The number of aliphatic carboxylic acids is 1. The van der Waals surface area contributed by atoms with Crippen LogP contribution >= 0.6 is 0 Å². The number of nitrogen functional groups attached to an aromatic ring is 2. The fourth-order valence-corrected chi connectivity index (χ4v) is 3.05. The maximum atomic E-state index is 12.1. The first kappa shape index (κ1) is 25.9. The van der Waals surface area contributed by atoms with Gasteiger partial charge in [-0.3, -0.25) is 14.4 Å². The van der Waals surface area contributed by atoms with E-state index in [0.29, 0.717) is 24.3 Å². The fourth-order valence-electron chi connectivity index (χ4n) is 3.05. The minimum Gasteiger partial charge on any atom is -0.493 e. The number of hydrazine groups is 1. The molecular weight excluding hydrogens is 440 g/mol. The SMILES string of the molecule is CC(N)=O.CCOc1cc(-c2cccc(CCC(=O)O)c2)ccc1-c1nc(NN)c(N)c(=O)[nH]1. The van der Waals surface area contributed by atoms with Crippen molar-refractivity contribution in [2.75, 3.05) is 17.8 Å². The van der Waals surface area contributed by atoms with Crippen molar-refractivity contribution in [1.29, 1.82) is 0 Å². The summed E-state index contributed by atoms with van der Waals surface area (Å²) in [5.41, 5.74) is 15.2. The molecule has 0 aliphatic rings. The van der Waals surface area contributed by atoms with Crippen molar-refractivity contribution in [1.82, 2.24) is 9.97 Å². The van der Waals surface area contributed by atoms with E-state index in [2.05, 4.69) is 21.1 Å². The zero-order valence-electron chi connectivity index (χ0n) is 18.9. The van der Waals surface area contributed by atoms with Gasteiger partial charge in [-0.15, -0.1) is 0 Å². The third kappa shape index (κ3) is 7.07. The van der Waals surface area contributed by atoms with Gasteiger partial charge in [-0.25, -0.2) is 10.8 Å². The van der Waals surface area contributed by atoms with Crippen LogP contribution in [0.1, 0.15) is 25.8 Å². The van der Waals surface area contributed by atoms with Gasteiger partial charge in [0.05, 0.1) is 12.2 Å². The van der Waals surface area contributed by atoms with Crippen molar-refractivity contribution in [3.8, 4) is 28.3 Å². The third-order valence-corrected chi connectivity index (χ3v) is 4.52. The predicted octanol–water partition coefficient (Wildman–Crippen LogP) is 1.88. The smallest absolute Gasteiger partial charge is 0.303 e. The largest absolute Gasteiger partial charge is 0.493 e. The molecule has 0 saturated carbocycles. The molecule has 11 nitrogen and oxygen atoms in total. The molecule has 0 saturated heterocycles. The maximum Gasteiger partial charge on any atom is 0.303 e. The van der Waals surface area contributed by atoms with Crippen LogP contribution in [0.15, 0.2) is 47.3 Å². The molecule has 180 valence electrons. The number of ether oxygens (including phenoxy) is 1. The van der Waals surface area contributed by atoms with Crippen LogP contribution in [0.3, 0.4) is 0 Å². The van der Waals surface area contributed by atoms with Gasteiger partial charge in [0.1, 0.15) is 17.3 Å². The average molecular weight is 469 g/mol. The highest BCUT2D eigenvalue weighted by Gasteiger charge is 2.14. The van der Waals surface area contributed by atoms with E-state index < -0.39 is 11.5 Å². The molecular formula is C23H28N6O5. The number of nitrogens with one attached hydrogen (secondary N) is 2. The van der Waals surface area contributed by atoms with E-state index in [1.807, 2.05) is 43.3 Å². The Labute approximate surface area is 195 Å². The Bertz CT molecular complexity index is 1220. The Morgan fingerprint density at radius 3 is 2.47 bits per heavy atom. The van der Waals surface area contributed by atoms with Crippen LogP contribution in [-0.2, 0) is 16.0 Å². The van der Waals surface area contributed by atoms with Crippen molar-refractivity contribution in [2.24, 2.45) is 11.6 Å². The van der Waals surface area contributed by atoms with Crippen molar-refractivity contribution >= 4 is 23.4 Å². The highest BCUT2D eigenvalue weighted by atomic mass is 16.5. The van der Waals surface area contributed by atoms with Crippen molar-refractivity contribution in [3.05, 3.63) is 58.4 Å². The topological polar surface area (TPSA) is 199 Å². The number of hydrogen-bond acceptors (Lipinski definition) is 8. The standard InChI is InChI=1S/C21H23N5O4.C2H5NO/c1-2-30-16-11-14(13-5-3-4-12(10-13)6-9-17(27)28)7-8-15(16)19-24-20(26-23)18(22)21(29)25-19;1-2(3)4/h3-5,7-8,10-11H,2,6,9,22-23H2,1H3,(H,27,28)(H2,24,25,26,29);1H3,(H2,3,4). The summed E-state index contributed by atoms with van der Waals surface area (Å²) < 4.78 is 5.78. The average Bonchev–Trinajstić information content (AvgIpc) is 2.79. The predicted molar refractivity (Wildman–Crippen MR) is 130 cm³/mol. The summed E-state index contributed by atoms with van der Waals surface area (Å²) >= 11 is 0. The van der Waals surface area contributed by atoms with Crippen LogP contribution in [-0.4, -0.2) is 33.6 Å². The van der Waals surface area contributed by atoms with Gasteiger partial charge in [-0.1, -0.05) is 30.3 Å². The lowest BCUT2D eigenvalue weighted by molar-refractivity contribution is -0.137. The summed E-state index contributed by atoms with van der Waals surface area (Å²) in [4.78, 5) is 39.1. The van der Waals surface area contributed by atoms with Crippen LogP contribution in [0.2, 0.25) is 0 Å². The molecule has 0 aliphatic heterocycles. The van der Waals surface area contributed by atoms with Gasteiger partial charge in [-0.2, -0.15) is 0 Å².